The zero-order valence-electron chi connectivity index (χ0n) is 10.4. The fraction of sp³-hybridized carbons (Fsp3) is 0.133. The lowest BCUT2D eigenvalue weighted by atomic mass is 10.0. The van der Waals surface area contributed by atoms with E-state index in [9.17, 15) is 0 Å². The second-order valence-corrected chi connectivity index (χ2v) is 5.25. The normalized spacial score (nSPS) is 12.9. The molecule has 1 aliphatic heterocycles. The molecule has 1 aliphatic rings. The number of nitrogens with zero attached hydrogens (tertiary/aromatic N) is 1. The van der Waals surface area contributed by atoms with Crippen molar-refractivity contribution in [3.63, 3.8) is 0 Å². The SMILES string of the molecule is Cc1ccc2c(n1)NCc1c-2[nH]c2c(Cl)cccc12. The Bertz CT molecular complexity index is 805. The first-order valence-electron chi connectivity index (χ1n) is 6.25. The highest BCUT2D eigenvalue weighted by Crippen LogP contribution is 2.39. The third kappa shape index (κ3) is 1.48. The third-order valence-corrected chi connectivity index (χ3v) is 3.94. The van der Waals surface area contributed by atoms with Crippen molar-refractivity contribution >= 4 is 28.3 Å². The van der Waals surface area contributed by atoms with Crippen LogP contribution < -0.4 is 5.32 Å². The first-order chi connectivity index (χ1) is 9.24. The van der Waals surface area contributed by atoms with Crippen LogP contribution in [0.1, 0.15) is 11.3 Å². The molecule has 1 aromatic carbocycles. The van der Waals surface area contributed by atoms with E-state index in [0.717, 1.165) is 39.9 Å². The highest BCUT2D eigenvalue weighted by molar-refractivity contribution is 6.35. The molecule has 0 amide bonds. The molecule has 94 valence electrons. The van der Waals surface area contributed by atoms with E-state index in [-0.39, 0.29) is 0 Å². The Labute approximate surface area is 115 Å². The molecule has 0 aliphatic carbocycles. The molecule has 4 heteroatoms. The molecule has 0 radical (unpaired) electrons. The van der Waals surface area contributed by atoms with Crippen LogP contribution in [-0.4, -0.2) is 9.97 Å². The number of H-pyrrole nitrogens is 1. The number of halogens is 1. The van der Waals surface area contributed by atoms with Gasteiger partial charge < -0.3 is 10.3 Å². The van der Waals surface area contributed by atoms with Gasteiger partial charge in [0.2, 0.25) is 0 Å². The number of pyridine rings is 1. The van der Waals surface area contributed by atoms with Gasteiger partial charge in [0.05, 0.1) is 16.2 Å². The molecule has 3 nitrogen and oxygen atoms in total. The van der Waals surface area contributed by atoms with Crippen molar-refractivity contribution in [1.29, 1.82) is 0 Å². The molecule has 0 unspecified atom stereocenters. The maximum Gasteiger partial charge on any atom is 0.135 e. The van der Waals surface area contributed by atoms with Crippen LogP contribution in [0.4, 0.5) is 5.82 Å². The smallest absolute Gasteiger partial charge is 0.135 e. The number of aryl methyl sites for hydroxylation is 1. The van der Waals surface area contributed by atoms with E-state index in [0.29, 0.717) is 0 Å². The highest BCUT2D eigenvalue weighted by Gasteiger charge is 2.21. The van der Waals surface area contributed by atoms with Crippen LogP contribution in [0.15, 0.2) is 30.3 Å². The minimum atomic E-state index is 0.758. The van der Waals surface area contributed by atoms with Gasteiger partial charge in [0, 0.05) is 28.8 Å². The van der Waals surface area contributed by atoms with Gasteiger partial charge in [-0.15, -0.1) is 0 Å². The Hall–Kier alpha value is -2.00. The maximum absolute atomic E-state index is 6.26. The van der Waals surface area contributed by atoms with Gasteiger partial charge in [-0.05, 0) is 25.1 Å². The Morgan fingerprint density at radius 2 is 2.11 bits per heavy atom. The number of aromatic amines is 1. The largest absolute Gasteiger partial charge is 0.365 e. The topological polar surface area (TPSA) is 40.7 Å². The quantitative estimate of drug-likeness (QED) is 0.645. The summed E-state index contributed by atoms with van der Waals surface area (Å²) in [5.41, 5.74) is 5.52. The predicted octanol–water partition coefficient (Wildman–Crippen LogP) is 4.12. The molecule has 19 heavy (non-hydrogen) atoms. The van der Waals surface area contributed by atoms with Crippen LogP contribution in [0, 0.1) is 6.92 Å². The maximum atomic E-state index is 6.26. The number of hydrogen-bond donors (Lipinski definition) is 2. The Morgan fingerprint density at radius 3 is 3.00 bits per heavy atom. The molecule has 0 saturated carbocycles. The molecule has 4 rings (SSSR count). The molecule has 3 aromatic rings. The number of benzene rings is 1. The first-order valence-corrected chi connectivity index (χ1v) is 6.63. The summed E-state index contributed by atoms with van der Waals surface area (Å²) >= 11 is 6.26. The molecule has 0 fully saturated rings. The summed E-state index contributed by atoms with van der Waals surface area (Å²) in [5, 5.41) is 5.32. The fourth-order valence-electron chi connectivity index (χ4n) is 2.72. The van der Waals surface area contributed by atoms with E-state index in [1.807, 2.05) is 25.1 Å². The van der Waals surface area contributed by atoms with Crippen molar-refractivity contribution in [2.24, 2.45) is 0 Å². The number of para-hydroxylation sites is 1. The molecule has 0 bridgehead atoms. The lowest BCUT2D eigenvalue weighted by Gasteiger charge is -2.18. The van der Waals surface area contributed by atoms with Crippen LogP contribution in [0.2, 0.25) is 5.02 Å². The summed E-state index contributed by atoms with van der Waals surface area (Å²) in [4.78, 5) is 7.99. The van der Waals surface area contributed by atoms with Crippen molar-refractivity contribution in [3.8, 4) is 11.3 Å². The number of hydrogen-bond acceptors (Lipinski definition) is 2. The summed E-state index contributed by atoms with van der Waals surface area (Å²) in [6.45, 7) is 2.78. The molecule has 0 spiro atoms. The average molecular weight is 270 g/mol. The summed E-state index contributed by atoms with van der Waals surface area (Å²) in [6, 6.07) is 10.1. The number of aromatic nitrogens is 2. The minimum Gasteiger partial charge on any atom is -0.365 e. The zero-order valence-corrected chi connectivity index (χ0v) is 11.2. The molecular formula is C15H12ClN3. The van der Waals surface area contributed by atoms with E-state index >= 15 is 0 Å². The van der Waals surface area contributed by atoms with Crippen LogP contribution in [0.5, 0.6) is 0 Å². The number of fused-ring (bicyclic) bond motifs is 5. The molecule has 0 atom stereocenters. The molecule has 2 aromatic heterocycles. The third-order valence-electron chi connectivity index (χ3n) is 3.63. The van der Waals surface area contributed by atoms with E-state index in [2.05, 4.69) is 27.4 Å². The summed E-state index contributed by atoms with van der Waals surface area (Å²) in [6.07, 6.45) is 0. The van der Waals surface area contributed by atoms with Crippen LogP contribution in [-0.2, 0) is 6.54 Å². The van der Waals surface area contributed by atoms with E-state index in [4.69, 9.17) is 11.6 Å². The van der Waals surface area contributed by atoms with Crippen molar-refractivity contribution in [2.75, 3.05) is 5.32 Å². The van der Waals surface area contributed by atoms with Gasteiger partial charge in [-0.2, -0.15) is 0 Å². The van der Waals surface area contributed by atoms with E-state index in [1.165, 1.54) is 10.9 Å². The molecule has 0 saturated heterocycles. The molecular weight excluding hydrogens is 258 g/mol. The van der Waals surface area contributed by atoms with Crippen molar-refractivity contribution in [3.05, 3.63) is 46.6 Å². The van der Waals surface area contributed by atoms with Crippen molar-refractivity contribution in [2.45, 2.75) is 13.5 Å². The standard InChI is InChI=1S/C15H12ClN3/c1-8-5-6-10-13-11(7-17-15(10)18-8)9-3-2-4-12(16)14(9)19-13/h2-6,19H,7H2,1H3,(H,17,18). The van der Waals surface area contributed by atoms with Crippen molar-refractivity contribution < 1.29 is 0 Å². The van der Waals surface area contributed by atoms with Gasteiger partial charge in [-0.1, -0.05) is 23.7 Å². The lowest BCUT2D eigenvalue weighted by molar-refractivity contribution is 1.07. The first kappa shape index (κ1) is 10.9. The zero-order chi connectivity index (χ0) is 13.0. The molecule has 3 heterocycles. The summed E-state index contributed by atoms with van der Waals surface area (Å²) in [7, 11) is 0. The van der Waals surface area contributed by atoms with Gasteiger partial charge in [0.25, 0.3) is 0 Å². The Kier molecular flexibility index (Phi) is 2.15. The lowest BCUT2D eigenvalue weighted by Crippen LogP contribution is -2.09. The van der Waals surface area contributed by atoms with E-state index < -0.39 is 0 Å². The fourth-order valence-corrected chi connectivity index (χ4v) is 2.94. The Balaban J connectivity index is 2.07. The van der Waals surface area contributed by atoms with Gasteiger partial charge >= 0.3 is 0 Å². The highest BCUT2D eigenvalue weighted by atomic mass is 35.5. The van der Waals surface area contributed by atoms with Gasteiger partial charge in [-0.3, -0.25) is 0 Å². The Morgan fingerprint density at radius 1 is 1.21 bits per heavy atom. The van der Waals surface area contributed by atoms with Crippen LogP contribution in [0.3, 0.4) is 0 Å². The number of anilines is 1. The van der Waals surface area contributed by atoms with Gasteiger partial charge in [-0.25, -0.2) is 4.98 Å². The second kappa shape index (κ2) is 3.75. The van der Waals surface area contributed by atoms with Gasteiger partial charge in [0.15, 0.2) is 0 Å². The van der Waals surface area contributed by atoms with Crippen LogP contribution in [0.25, 0.3) is 22.2 Å². The monoisotopic (exact) mass is 269 g/mol. The molecule has 2 N–H and O–H groups in total. The summed E-state index contributed by atoms with van der Waals surface area (Å²) in [5.74, 6) is 0.940. The minimum absolute atomic E-state index is 0.758. The van der Waals surface area contributed by atoms with Crippen LogP contribution >= 0.6 is 11.6 Å². The summed E-state index contributed by atoms with van der Waals surface area (Å²) < 4.78 is 0. The van der Waals surface area contributed by atoms with Crippen molar-refractivity contribution in [1.82, 2.24) is 9.97 Å². The van der Waals surface area contributed by atoms with Gasteiger partial charge in [0.1, 0.15) is 5.82 Å². The average Bonchev–Trinajstić information content (AvgIpc) is 2.79. The number of nitrogens with one attached hydrogen (secondary N) is 2. The van der Waals surface area contributed by atoms with E-state index in [1.54, 1.807) is 0 Å². The number of rotatable bonds is 0. The second-order valence-electron chi connectivity index (χ2n) is 4.84. The predicted molar refractivity (Wildman–Crippen MR) is 78.6 cm³/mol.